The molecule has 39 heavy (non-hydrogen) atoms. The van der Waals surface area contributed by atoms with Crippen LogP contribution in [0.15, 0.2) is 64.5 Å². The van der Waals surface area contributed by atoms with Gasteiger partial charge in [0.2, 0.25) is 10.0 Å². The van der Waals surface area contributed by atoms with Gasteiger partial charge in [-0.2, -0.15) is 4.31 Å². The fourth-order valence-electron chi connectivity index (χ4n) is 5.31. The third-order valence-electron chi connectivity index (χ3n) is 8.11. The van der Waals surface area contributed by atoms with Crippen molar-refractivity contribution in [2.45, 2.75) is 39.5 Å². The SMILES string of the molecule is Cc1c(C)c(C)c(S(=O)(=O)N2CCN(C(=O)c3ccc(-n4cnc5ccccc5c4=O)cc3)CC2)c(C)c1C. The van der Waals surface area contributed by atoms with E-state index in [0.29, 0.717) is 40.1 Å². The summed E-state index contributed by atoms with van der Waals surface area (Å²) in [5.74, 6) is -0.169. The zero-order chi connectivity index (χ0) is 28.1. The van der Waals surface area contributed by atoms with E-state index in [1.165, 1.54) is 15.2 Å². The first-order chi connectivity index (χ1) is 18.5. The predicted octanol–water partition coefficient (Wildman–Crippen LogP) is 4.07. The van der Waals surface area contributed by atoms with Gasteiger partial charge in [-0.15, -0.1) is 0 Å². The highest BCUT2D eigenvalue weighted by Crippen LogP contribution is 2.32. The lowest BCUT2D eigenvalue weighted by atomic mass is 9.95. The minimum absolute atomic E-state index is 0.169. The highest BCUT2D eigenvalue weighted by molar-refractivity contribution is 7.89. The van der Waals surface area contributed by atoms with E-state index in [9.17, 15) is 18.0 Å². The van der Waals surface area contributed by atoms with Gasteiger partial charge in [-0.25, -0.2) is 13.4 Å². The zero-order valence-corrected chi connectivity index (χ0v) is 23.7. The number of para-hydroxylation sites is 1. The number of fused-ring (bicyclic) bond motifs is 1. The molecule has 202 valence electrons. The molecule has 0 N–H and O–H groups in total. The fourth-order valence-corrected chi connectivity index (χ4v) is 7.30. The van der Waals surface area contributed by atoms with Gasteiger partial charge in [0.25, 0.3) is 11.5 Å². The molecule has 0 saturated carbocycles. The summed E-state index contributed by atoms with van der Waals surface area (Å²) in [7, 11) is -3.70. The number of piperazine rings is 1. The van der Waals surface area contributed by atoms with Gasteiger partial charge in [-0.05, 0) is 98.8 Å². The first-order valence-electron chi connectivity index (χ1n) is 13.0. The Bertz CT molecular complexity index is 1740. The Morgan fingerprint density at radius 1 is 0.769 bits per heavy atom. The van der Waals surface area contributed by atoms with Crippen molar-refractivity contribution in [3.63, 3.8) is 0 Å². The Hall–Kier alpha value is -3.82. The summed E-state index contributed by atoms with van der Waals surface area (Å²) in [6, 6.07) is 14.0. The fraction of sp³-hybridized carbons (Fsp3) is 0.300. The molecule has 0 aliphatic carbocycles. The molecule has 0 unspecified atom stereocenters. The number of carbonyl (C=O) groups is 1. The summed E-state index contributed by atoms with van der Waals surface area (Å²) in [5, 5.41) is 0.523. The van der Waals surface area contributed by atoms with Gasteiger partial charge in [-0.3, -0.25) is 14.2 Å². The second kappa shape index (κ2) is 10.1. The topological polar surface area (TPSA) is 92.6 Å². The van der Waals surface area contributed by atoms with E-state index in [1.54, 1.807) is 47.4 Å². The summed E-state index contributed by atoms with van der Waals surface area (Å²) in [6.45, 7) is 10.8. The van der Waals surface area contributed by atoms with Crippen LogP contribution < -0.4 is 5.56 Å². The van der Waals surface area contributed by atoms with Crippen LogP contribution in [-0.2, 0) is 10.0 Å². The van der Waals surface area contributed by atoms with Crippen LogP contribution in [0.5, 0.6) is 0 Å². The molecule has 1 aliphatic heterocycles. The van der Waals surface area contributed by atoms with Gasteiger partial charge in [0.15, 0.2) is 0 Å². The van der Waals surface area contributed by atoms with Gasteiger partial charge in [0.1, 0.15) is 6.33 Å². The maximum Gasteiger partial charge on any atom is 0.265 e. The molecule has 1 aliphatic rings. The average Bonchev–Trinajstić information content (AvgIpc) is 2.95. The van der Waals surface area contributed by atoms with E-state index >= 15 is 0 Å². The Labute approximate surface area is 228 Å². The maximum atomic E-state index is 13.7. The van der Waals surface area contributed by atoms with Crippen molar-refractivity contribution in [3.8, 4) is 5.69 Å². The number of hydrogen-bond donors (Lipinski definition) is 0. The number of carbonyl (C=O) groups excluding carboxylic acids is 1. The number of aromatic nitrogens is 2. The molecule has 0 radical (unpaired) electrons. The van der Waals surface area contributed by atoms with Crippen LogP contribution in [0.3, 0.4) is 0 Å². The largest absolute Gasteiger partial charge is 0.336 e. The Morgan fingerprint density at radius 3 is 1.95 bits per heavy atom. The summed E-state index contributed by atoms with van der Waals surface area (Å²) < 4.78 is 30.3. The first kappa shape index (κ1) is 26.8. The number of amides is 1. The predicted molar refractivity (Wildman–Crippen MR) is 152 cm³/mol. The van der Waals surface area contributed by atoms with Crippen molar-refractivity contribution in [1.82, 2.24) is 18.8 Å². The molecule has 1 amide bonds. The standard InChI is InChI=1S/C30H32N4O4S/c1-19-20(2)22(4)28(23(5)21(19)3)39(37,38)33-16-14-32(15-17-33)29(35)24-10-12-25(13-11-24)34-18-31-27-9-7-6-8-26(27)30(34)36/h6-13,18H,14-17H2,1-5H3. The van der Waals surface area contributed by atoms with Crippen LogP contribution in [0.25, 0.3) is 16.6 Å². The molecule has 5 rings (SSSR count). The molecule has 0 bridgehead atoms. The highest BCUT2D eigenvalue weighted by atomic mass is 32.2. The van der Waals surface area contributed by atoms with E-state index in [4.69, 9.17) is 0 Å². The zero-order valence-electron chi connectivity index (χ0n) is 22.9. The Balaban J connectivity index is 1.32. The molecular formula is C30H32N4O4S. The minimum atomic E-state index is -3.70. The molecule has 8 nitrogen and oxygen atoms in total. The summed E-state index contributed by atoms with van der Waals surface area (Å²) in [5.41, 5.74) is 6.22. The van der Waals surface area contributed by atoms with Crippen molar-refractivity contribution in [2.75, 3.05) is 26.2 Å². The summed E-state index contributed by atoms with van der Waals surface area (Å²) in [6.07, 6.45) is 1.49. The quantitative estimate of drug-likeness (QED) is 0.386. The molecule has 2 heterocycles. The molecular weight excluding hydrogens is 512 g/mol. The van der Waals surface area contributed by atoms with E-state index in [0.717, 1.165) is 27.8 Å². The van der Waals surface area contributed by atoms with Crippen LogP contribution in [0, 0.1) is 34.6 Å². The lowest BCUT2D eigenvalue weighted by molar-refractivity contribution is 0.0698. The molecule has 0 atom stereocenters. The lowest BCUT2D eigenvalue weighted by Gasteiger charge is -2.35. The molecule has 1 fully saturated rings. The number of rotatable bonds is 4. The monoisotopic (exact) mass is 544 g/mol. The molecule has 0 spiro atoms. The van der Waals surface area contributed by atoms with Crippen LogP contribution in [-0.4, -0.2) is 59.3 Å². The number of benzene rings is 3. The van der Waals surface area contributed by atoms with E-state index in [2.05, 4.69) is 4.98 Å². The molecule has 9 heteroatoms. The minimum Gasteiger partial charge on any atom is -0.336 e. The van der Waals surface area contributed by atoms with Crippen molar-refractivity contribution >= 4 is 26.8 Å². The van der Waals surface area contributed by atoms with Gasteiger partial charge in [-0.1, -0.05) is 12.1 Å². The second-order valence-electron chi connectivity index (χ2n) is 10.1. The van der Waals surface area contributed by atoms with Gasteiger partial charge in [0.05, 0.1) is 21.5 Å². The number of nitrogens with zero attached hydrogens (tertiary/aromatic N) is 4. The smallest absolute Gasteiger partial charge is 0.265 e. The Kier molecular flexibility index (Phi) is 6.90. The third kappa shape index (κ3) is 4.55. The first-order valence-corrected chi connectivity index (χ1v) is 14.4. The normalized spacial score (nSPS) is 14.6. The van der Waals surface area contributed by atoms with Gasteiger partial charge in [0, 0.05) is 31.7 Å². The third-order valence-corrected chi connectivity index (χ3v) is 10.3. The second-order valence-corrected chi connectivity index (χ2v) is 12.0. The Morgan fingerprint density at radius 2 is 1.33 bits per heavy atom. The molecule has 3 aromatic carbocycles. The van der Waals surface area contributed by atoms with Crippen LogP contribution in [0.4, 0.5) is 0 Å². The number of sulfonamides is 1. The van der Waals surface area contributed by atoms with Crippen molar-refractivity contribution < 1.29 is 13.2 Å². The van der Waals surface area contributed by atoms with E-state index in [1.807, 2.05) is 40.7 Å². The van der Waals surface area contributed by atoms with Gasteiger partial charge < -0.3 is 4.90 Å². The maximum absolute atomic E-state index is 13.7. The van der Waals surface area contributed by atoms with Crippen molar-refractivity contribution in [2.24, 2.45) is 0 Å². The van der Waals surface area contributed by atoms with Crippen LogP contribution in [0.1, 0.15) is 38.2 Å². The van der Waals surface area contributed by atoms with Crippen LogP contribution >= 0.6 is 0 Å². The van der Waals surface area contributed by atoms with E-state index < -0.39 is 10.0 Å². The molecule has 4 aromatic rings. The highest BCUT2D eigenvalue weighted by Gasteiger charge is 2.33. The summed E-state index contributed by atoms with van der Waals surface area (Å²) >= 11 is 0. The molecule has 1 saturated heterocycles. The lowest BCUT2D eigenvalue weighted by Crippen LogP contribution is -2.50. The average molecular weight is 545 g/mol. The van der Waals surface area contributed by atoms with Crippen molar-refractivity contribution in [3.05, 3.63) is 98.6 Å². The van der Waals surface area contributed by atoms with Crippen LogP contribution in [0.2, 0.25) is 0 Å². The molecule has 1 aromatic heterocycles. The summed E-state index contributed by atoms with van der Waals surface area (Å²) in [4.78, 5) is 32.5. The van der Waals surface area contributed by atoms with Crippen molar-refractivity contribution in [1.29, 1.82) is 0 Å². The van der Waals surface area contributed by atoms with E-state index in [-0.39, 0.29) is 24.6 Å². The number of hydrogen-bond acceptors (Lipinski definition) is 5. The van der Waals surface area contributed by atoms with Gasteiger partial charge >= 0.3 is 0 Å².